The van der Waals surface area contributed by atoms with Crippen LogP contribution in [0.5, 0.6) is 5.88 Å². The van der Waals surface area contributed by atoms with Gasteiger partial charge in [-0.25, -0.2) is 4.98 Å². The van der Waals surface area contributed by atoms with Gasteiger partial charge in [0.05, 0.1) is 17.9 Å². The summed E-state index contributed by atoms with van der Waals surface area (Å²) in [5.41, 5.74) is 0.992. The molecule has 0 aliphatic carbocycles. The van der Waals surface area contributed by atoms with Crippen molar-refractivity contribution >= 4 is 11.6 Å². The van der Waals surface area contributed by atoms with Gasteiger partial charge in [0.25, 0.3) is 5.91 Å². The second kappa shape index (κ2) is 5.31. The first kappa shape index (κ1) is 12.1. The highest BCUT2D eigenvalue weighted by Gasteiger charge is 2.12. The third kappa shape index (κ3) is 2.85. The van der Waals surface area contributed by atoms with Gasteiger partial charge in [0.1, 0.15) is 5.69 Å². The Morgan fingerprint density at radius 3 is 3.00 bits per heavy atom. The maximum absolute atomic E-state index is 11.9. The molecule has 1 amide bonds. The van der Waals surface area contributed by atoms with Gasteiger partial charge < -0.3 is 10.1 Å². The summed E-state index contributed by atoms with van der Waals surface area (Å²) < 4.78 is 5.51. The molecule has 6 nitrogen and oxygen atoms in total. The average molecular weight is 246 g/mol. The maximum Gasteiger partial charge on any atom is 0.258 e. The van der Waals surface area contributed by atoms with E-state index < -0.39 is 0 Å². The molecule has 0 atom stereocenters. The molecule has 0 aliphatic rings. The Labute approximate surface area is 104 Å². The van der Waals surface area contributed by atoms with Crippen molar-refractivity contribution in [2.24, 2.45) is 0 Å². The molecule has 2 aromatic rings. The Bertz CT molecular complexity index is 523. The number of aromatic amines is 1. The highest BCUT2D eigenvalue weighted by Crippen LogP contribution is 2.22. The summed E-state index contributed by atoms with van der Waals surface area (Å²) in [6.07, 6.45) is 4.58. The second-order valence-corrected chi connectivity index (χ2v) is 3.96. The molecule has 0 unspecified atom stereocenters. The lowest BCUT2D eigenvalue weighted by Gasteiger charge is -2.12. The SMILES string of the molecule is CC(C)Oc1ncccc1NC(=O)c1cn[nH]c1. The highest BCUT2D eigenvalue weighted by atomic mass is 16.5. The van der Waals surface area contributed by atoms with Crippen molar-refractivity contribution in [1.29, 1.82) is 0 Å². The number of hydrogen-bond donors (Lipinski definition) is 2. The molecule has 0 spiro atoms. The molecule has 6 heteroatoms. The Hall–Kier alpha value is -2.37. The van der Waals surface area contributed by atoms with E-state index in [2.05, 4.69) is 20.5 Å². The van der Waals surface area contributed by atoms with Gasteiger partial charge in [-0.15, -0.1) is 0 Å². The number of nitrogens with one attached hydrogen (secondary N) is 2. The van der Waals surface area contributed by atoms with Crippen LogP contribution in [-0.2, 0) is 0 Å². The summed E-state index contributed by atoms with van der Waals surface area (Å²) >= 11 is 0. The van der Waals surface area contributed by atoms with Crippen molar-refractivity contribution < 1.29 is 9.53 Å². The molecular formula is C12H14N4O2. The van der Waals surface area contributed by atoms with Crippen LogP contribution in [0.3, 0.4) is 0 Å². The standard InChI is InChI=1S/C12H14N4O2/c1-8(2)18-12-10(4-3-5-13-12)16-11(17)9-6-14-15-7-9/h3-8H,1-2H3,(H,14,15)(H,16,17). The van der Waals surface area contributed by atoms with Gasteiger partial charge in [-0.2, -0.15) is 5.10 Å². The summed E-state index contributed by atoms with van der Waals surface area (Å²) in [5.74, 6) is 0.148. The van der Waals surface area contributed by atoms with E-state index in [-0.39, 0.29) is 12.0 Å². The van der Waals surface area contributed by atoms with Crippen molar-refractivity contribution in [3.8, 4) is 5.88 Å². The first-order valence-electron chi connectivity index (χ1n) is 5.58. The molecular weight excluding hydrogens is 232 g/mol. The molecule has 18 heavy (non-hydrogen) atoms. The van der Waals surface area contributed by atoms with Gasteiger partial charge in [-0.3, -0.25) is 9.89 Å². The zero-order valence-corrected chi connectivity index (χ0v) is 10.2. The molecule has 0 aromatic carbocycles. The van der Waals surface area contributed by atoms with Crippen LogP contribution >= 0.6 is 0 Å². The molecule has 2 rings (SSSR count). The largest absolute Gasteiger partial charge is 0.473 e. The van der Waals surface area contributed by atoms with Crippen molar-refractivity contribution in [1.82, 2.24) is 15.2 Å². The molecule has 2 N–H and O–H groups in total. The first-order chi connectivity index (χ1) is 8.66. The Balaban J connectivity index is 2.16. The first-order valence-corrected chi connectivity index (χ1v) is 5.58. The number of ether oxygens (including phenoxy) is 1. The molecule has 0 fully saturated rings. The lowest BCUT2D eigenvalue weighted by atomic mass is 10.3. The van der Waals surface area contributed by atoms with Crippen molar-refractivity contribution in [3.05, 3.63) is 36.3 Å². The Kier molecular flexibility index (Phi) is 3.57. The van der Waals surface area contributed by atoms with E-state index in [1.807, 2.05) is 13.8 Å². The number of pyridine rings is 1. The van der Waals surface area contributed by atoms with Crippen LogP contribution in [0.25, 0.3) is 0 Å². The molecule has 94 valence electrons. The van der Waals surface area contributed by atoms with Crippen molar-refractivity contribution in [2.75, 3.05) is 5.32 Å². The smallest absolute Gasteiger partial charge is 0.258 e. The Morgan fingerprint density at radius 1 is 1.50 bits per heavy atom. The van der Waals surface area contributed by atoms with Gasteiger partial charge >= 0.3 is 0 Å². The summed E-state index contributed by atoms with van der Waals surface area (Å²) in [6, 6.07) is 3.47. The second-order valence-electron chi connectivity index (χ2n) is 3.96. The third-order valence-corrected chi connectivity index (χ3v) is 2.13. The number of hydrogen-bond acceptors (Lipinski definition) is 4. The summed E-state index contributed by atoms with van der Waals surface area (Å²) in [4.78, 5) is 16.0. The maximum atomic E-state index is 11.9. The van der Waals surface area contributed by atoms with Crippen LogP contribution in [-0.4, -0.2) is 27.2 Å². The predicted molar refractivity (Wildman–Crippen MR) is 66.5 cm³/mol. The normalized spacial score (nSPS) is 10.4. The number of H-pyrrole nitrogens is 1. The van der Waals surface area contributed by atoms with Crippen LogP contribution in [0.15, 0.2) is 30.7 Å². The quantitative estimate of drug-likeness (QED) is 0.862. The minimum Gasteiger partial charge on any atom is -0.473 e. The number of nitrogens with zero attached hydrogens (tertiary/aromatic N) is 2. The number of carbonyl (C=O) groups excluding carboxylic acids is 1. The number of anilines is 1. The molecule has 0 radical (unpaired) electrons. The average Bonchev–Trinajstić information content (AvgIpc) is 2.84. The molecule has 2 aromatic heterocycles. The zero-order valence-electron chi connectivity index (χ0n) is 10.2. The van der Waals surface area contributed by atoms with E-state index in [9.17, 15) is 4.79 Å². The number of rotatable bonds is 4. The van der Waals surface area contributed by atoms with Gasteiger partial charge in [-0.1, -0.05) is 0 Å². The number of carbonyl (C=O) groups is 1. The fourth-order valence-electron chi connectivity index (χ4n) is 1.37. The minimum atomic E-state index is -0.259. The van der Waals surface area contributed by atoms with Crippen LogP contribution in [0, 0.1) is 0 Å². The Morgan fingerprint density at radius 2 is 2.33 bits per heavy atom. The third-order valence-electron chi connectivity index (χ3n) is 2.13. The van der Waals surface area contributed by atoms with Gasteiger partial charge in [0.15, 0.2) is 0 Å². The molecule has 0 aliphatic heterocycles. The van der Waals surface area contributed by atoms with E-state index in [1.54, 1.807) is 18.3 Å². The summed E-state index contributed by atoms with van der Waals surface area (Å²) in [5, 5.41) is 9.04. The molecule has 2 heterocycles. The fraction of sp³-hybridized carbons (Fsp3) is 0.250. The van der Waals surface area contributed by atoms with Gasteiger partial charge in [0, 0.05) is 12.4 Å². The number of amides is 1. The fourth-order valence-corrected chi connectivity index (χ4v) is 1.37. The topological polar surface area (TPSA) is 79.9 Å². The lowest BCUT2D eigenvalue weighted by Crippen LogP contribution is -2.14. The van der Waals surface area contributed by atoms with E-state index in [1.165, 1.54) is 12.4 Å². The summed E-state index contributed by atoms with van der Waals surface area (Å²) in [7, 11) is 0. The van der Waals surface area contributed by atoms with Gasteiger partial charge in [-0.05, 0) is 26.0 Å². The van der Waals surface area contributed by atoms with Crippen LogP contribution < -0.4 is 10.1 Å². The molecule has 0 saturated carbocycles. The molecule has 0 bridgehead atoms. The minimum absolute atomic E-state index is 0.00974. The predicted octanol–water partition coefficient (Wildman–Crippen LogP) is 1.84. The highest BCUT2D eigenvalue weighted by molar-refractivity contribution is 6.04. The molecule has 0 saturated heterocycles. The van der Waals surface area contributed by atoms with E-state index in [0.717, 1.165) is 0 Å². The van der Waals surface area contributed by atoms with E-state index in [4.69, 9.17) is 4.74 Å². The van der Waals surface area contributed by atoms with Crippen LogP contribution in [0.2, 0.25) is 0 Å². The lowest BCUT2D eigenvalue weighted by molar-refractivity contribution is 0.102. The van der Waals surface area contributed by atoms with Crippen molar-refractivity contribution in [2.45, 2.75) is 20.0 Å². The van der Waals surface area contributed by atoms with E-state index >= 15 is 0 Å². The van der Waals surface area contributed by atoms with Gasteiger partial charge in [0.2, 0.25) is 5.88 Å². The van der Waals surface area contributed by atoms with E-state index in [0.29, 0.717) is 17.1 Å². The zero-order chi connectivity index (χ0) is 13.0. The monoisotopic (exact) mass is 246 g/mol. The van der Waals surface area contributed by atoms with Crippen LogP contribution in [0.1, 0.15) is 24.2 Å². The van der Waals surface area contributed by atoms with Crippen LogP contribution in [0.4, 0.5) is 5.69 Å². The summed E-state index contributed by atoms with van der Waals surface area (Å²) in [6.45, 7) is 3.80. The van der Waals surface area contributed by atoms with Crippen molar-refractivity contribution in [3.63, 3.8) is 0 Å². The number of aromatic nitrogens is 3.